The second-order valence-electron chi connectivity index (χ2n) is 7.75. The van der Waals surface area contributed by atoms with Crippen LogP contribution in [0.1, 0.15) is 56.6 Å². The fourth-order valence-corrected chi connectivity index (χ4v) is 4.44. The van der Waals surface area contributed by atoms with Crippen LogP contribution >= 0.6 is 24.0 Å². The minimum absolute atomic E-state index is 0.310. The van der Waals surface area contributed by atoms with E-state index in [1.165, 1.54) is 48.8 Å². The van der Waals surface area contributed by atoms with Gasteiger partial charge >= 0.3 is 0 Å². The van der Waals surface area contributed by atoms with E-state index in [1.807, 2.05) is 12.1 Å². The van der Waals surface area contributed by atoms with Crippen molar-refractivity contribution in [2.45, 2.75) is 51.9 Å². The van der Waals surface area contributed by atoms with Gasteiger partial charge in [-0.1, -0.05) is 99.6 Å². The van der Waals surface area contributed by atoms with Crippen LogP contribution in [0.4, 0.5) is 4.39 Å². The molecule has 2 rings (SSSR count). The molecule has 1 aromatic carbocycles. The van der Waals surface area contributed by atoms with Crippen LogP contribution in [0.3, 0.4) is 0 Å². The standard InChI is InChI=1S/C26H34FNS2/c1-4-5-6-7-8-17-28(3)21(2)26(30-20-29)19-23-11-14-25(18-23)24-12-9-22(10-13-24)15-16-27/h9-14,19-20H,2,4-8,15-18H2,1,3H3/b26-19+. The van der Waals surface area contributed by atoms with Crippen molar-refractivity contribution in [3.05, 3.63) is 76.4 Å². The van der Waals surface area contributed by atoms with Crippen LogP contribution in [0.15, 0.2) is 65.2 Å². The molecular formula is C26H34FNS2. The molecule has 1 aliphatic rings. The molecule has 0 spiro atoms. The molecule has 162 valence electrons. The number of likely N-dealkylation sites (N-methyl/N-ethyl adjacent to an activating group) is 1. The van der Waals surface area contributed by atoms with Gasteiger partial charge in [0.2, 0.25) is 0 Å². The van der Waals surface area contributed by atoms with E-state index >= 15 is 0 Å². The van der Waals surface area contributed by atoms with Crippen molar-refractivity contribution in [1.82, 2.24) is 4.90 Å². The van der Waals surface area contributed by atoms with Crippen molar-refractivity contribution < 1.29 is 4.39 Å². The summed E-state index contributed by atoms with van der Waals surface area (Å²) in [5.74, 6) is 0. The predicted molar refractivity (Wildman–Crippen MR) is 137 cm³/mol. The number of aryl methyl sites for hydroxylation is 1. The van der Waals surface area contributed by atoms with Crippen LogP contribution in [0, 0.1) is 0 Å². The highest BCUT2D eigenvalue weighted by molar-refractivity contribution is 8.23. The lowest BCUT2D eigenvalue weighted by Gasteiger charge is -2.23. The van der Waals surface area contributed by atoms with Crippen molar-refractivity contribution in [3.8, 4) is 0 Å². The first kappa shape index (κ1) is 24.6. The molecule has 1 aliphatic carbocycles. The zero-order valence-electron chi connectivity index (χ0n) is 18.3. The Morgan fingerprint density at radius 2 is 1.90 bits per heavy atom. The smallest absolute Gasteiger partial charge is 0.0934 e. The minimum Gasteiger partial charge on any atom is -0.374 e. The first-order chi connectivity index (χ1) is 14.6. The molecule has 0 heterocycles. The lowest BCUT2D eigenvalue weighted by atomic mass is 10.0. The molecular weight excluding hydrogens is 409 g/mol. The number of unbranched alkanes of at least 4 members (excludes halogenated alkanes) is 4. The van der Waals surface area contributed by atoms with Gasteiger partial charge in [0.1, 0.15) is 0 Å². The summed E-state index contributed by atoms with van der Waals surface area (Å²) in [5.41, 5.74) is 5.82. The highest BCUT2D eigenvalue weighted by Gasteiger charge is 2.13. The Balaban J connectivity index is 1.95. The molecule has 0 aromatic heterocycles. The monoisotopic (exact) mass is 443 g/mol. The maximum Gasteiger partial charge on any atom is 0.0934 e. The number of thiocarbonyl (C=S) groups is 1. The number of alkyl halides is 1. The van der Waals surface area contributed by atoms with Crippen LogP contribution in [-0.2, 0) is 6.42 Å². The first-order valence-electron chi connectivity index (χ1n) is 10.9. The third kappa shape index (κ3) is 7.88. The second-order valence-corrected chi connectivity index (χ2v) is 9.20. The highest BCUT2D eigenvalue weighted by Crippen LogP contribution is 2.33. The Bertz CT molecular complexity index is 790. The summed E-state index contributed by atoms with van der Waals surface area (Å²) in [6.07, 6.45) is 14.3. The molecule has 1 aromatic rings. The Labute approximate surface area is 191 Å². The molecule has 1 nitrogen and oxygen atoms in total. The first-order valence-corrected chi connectivity index (χ1v) is 12.2. The summed E-state index contributed by atoms with van der Waals surface area (Å²) in [5, 5.41) is 0. The van der Waals surface area contributed by atoms with Gasteiger partial charge in [-0.15, -0.1) is 0 Å². The molecule has 4 heteroatoms. The molecule has 0 atom stereocenters. The summed E-state index contributed by atoms with van der Waals surface area (Å²) in [4.78, 5) is 3.36. The van der Waals surface area contributed by atoms with Crippen LogP contribution in [0.25, 0.3) is 5.57 Å². The van der Waals surface area contributed by atoms with Crippen LogP contribution in [0.5, 0.6) is 0 Å². The summed E-state index contributed by atoms with van der Waals surface area (Å²) < 4.78 is 14.2. The van der Waals surface area contributed by atoms with E-state index in [9.17, 15) is 4.39 Å². The fourth-order valence-electron chi connectivity index (χ4n) is 3.52. The topological polar surface area (TPSA) is 3.24 Å². The molecule has 0 N–H and O–H groups in total. The number of hydrogen-bond donors (Lipinski definition) is 0. The largest absolute Gasteiger partial charge is 0.374 e. The molecule has 0 unspecified atom stereocenters. The second kappa shape index (κ2) is 13.6. The lowest BCUT2D eigenvalue weighted by molar-refractivity contribution is 0.409. The number of benzene rings is 1. The van der Waals surface area contributed by atoms with E-state index in [2.05, 4.69) is 55.8 Å². The molecule has 0 saturated carbocycles. The zero-order chi connectivity index (χ0) is 21.8. The summed E-state index contributed by atoms with van der Waals surface area (Å²) in [6.45, 7) is 7.28. The van der Waals surface area contributed by atoms with Crippen molar-refractivity contribution in [2.75, 3.05) is 20.3 Å². The van der Waals surface area contributed by atoms with E-state index in [1.54, 1.807) is 16.5 Å². The molecule has 0 bridgehead atoms. The number of thioether (sulfide) groups is 1. The normalized spacial score (nSPS) is 13.8. The number of allylic oxidation sites excluding steroid dienone is 5. The Morgan fingerprint density at radius 1 is 1.17 bits per heavy atom. The van der Waals surface area contributed by atoms with E-state index < -0.39 is 0 Å². The molecule has 0 saturated heterocycles. The number of nitrogens with zero attached hydrogens (tertiary/aromatic N) is 1. The number of hydrogen-bond acceptors (Lipinski definition) is 3. The average molecular weight is 444 g/mol. The maximum atomic E-state index is 12.5. The molecule has 0 amide bonds. The minimum atomic E-state index is -0.310. The summed E-state index contributed by atoms with van der Waals surface area (Å²) in [7, 11) is 2.12. The van der Waals surface area contributed by atoms with E-state index in [0.717, 1.165) is 29.1 Å². The van der Waals surface area contributed by atoms with Crippen LogP contribution < -0.4 is 0 Å². The van der Waals surface area contributed by atoms with Crippen LogP contribution in [0.2, 0.25) is 0 Å². The Kier molecular flexibility index (Phi) is 11.2. The number of rotatable bonds is 14. The van der Waals surface area contributed by atoms with Gasteiger partial charge < -0.3 is 4.90 Å². The van der Waals surface area contributed by atoms with E-state index in [0.29, 0.717) is 6.42 Å². The summed E-state index contributed by atoms with van der Waals surface area (Å²) >= 11 is 6.68. The van der Waals surface area contributed by atoms with Gasteiger partial charge in [0.25, 0.3) is 0 Å². The van der Waals surface area contributed by atoms with Gasteiger partial charge in [0, 0.05) is 35.3 Å². The summed E-state index contributed by atoms with van der Waals surface area (Å²) in [6, 6.07) is 8.23. The lowest BCUT2D eigenvalue weighted by Crippen LogP contribution is -2.19. The van der Waals surface area contributed by atoms with Gasteiger partial charge in [0.05, 0.1) is 6.67 Å². The highest BCUT2D eigenvalue weighted by atomic mass is 32.2. The van der Waals surface area contributed by atoms with Crippen LogP contribution in [-0.4, -0.2) is 29.9 Å². The fraction of sp³-hybridized carbons (Fsp3) is 0.423. The van der Waals surface area contributed by atoms with Gasteiger partial charge in [0.15, 0.2) is 0 Å². The van der Waals surface area contributed by atoms with Crippen molar-refractivity contribution in [1.29, 1.82) is 0 Å². The van der Waals surface area contributed by atoms with Gasteiger partial charge in [-0.3, -0.25) is 4.39 Å². The van der Waals surface area contributed by atoms with Crippen molar-refractivity contribution in [2.24, 2.45) is 0 Å². The SMILES string of the molecule is C=C(/C(=C\C1=CC=C(c2ccc(CCF)cc2)C1)SC=S)N(C)CCCCCCC. The molecule has 0 fully saturated rings. The molecule has 0 aliphatic heterocycles. The quantitative estimate of drug-likeness (QED) is 0.163. The third-order valence-electron chi connectivity index (χ3n) is 5.43. The van der Waals surface area contributed by atoms with Crippen molar-refractivity contribution in [3.63, 3.8) is 0 Å². The molecule has 30 heavy (non-hydrogen) atoms. The van der Waals surface area contributed by atoms with Crippen molar-refractivity contribution >= 4 is 34.3 Å². The van der Waals surface area contributed by atoms with Gasteiger partial charge in [-0.2, -0.15) is 0 Å². The third-order valence-corrected chi connectivity index (χ3v) is 6.43. The molecule has 0 radical (unpaired) electrons. The predicted octanol–water partition coefficient (Wildman–Crippen LogP) is 7.90. The van der Waals surface area contributed by atoms with E-state index in [-0.39, 0.29) is 6.67 Å². The van der Waals surface area contributed by atoms with Gasteiger partial charge in [-0.05, 0) is 41.2 Å². The van der Waals surface area contributed by atoms with E-state index in [4.69, 9.17) is 12.2 Å². The zero-order valence-corrected chi connectivity index (χ0v) is 20.0. The maximum absolute atomic E-state index is 12.5. The van der Waals surface area contributed by atoms with Gasteiger partial charge in [-0.25, -0.2) is 0 Å². The Hall–Kier alpha value is -1.65. The number of halogens is 1. The Morgan fingerprint density at radius 3 is 2.57 bits per heavy atom. The average Bonchev–Trinajstić information content (AvgIpc) is 3.22.